The van der Waals surface area contributed by atoms with Gasteiger partial charge in [-0.3, -0.25) is 4.79 Å². The number of nitrogens with two attached hydrogens (primary N) is 1. The standard InChI is InChI=1S/C15H21N3O/c1-3-10-5-4-8-18(10)11-6-7-12-13(9-11)17(2)15(19)14(12)16/h6-7,9-10,14H,3-5,8,16H2,1-2H3. The van der Waals surface area contributed by atoms with E-state index in [2.05, 4.69) is 24.0 Å². The van der Waals surface area contributed by atoms with E-state index < -0.39 is 6.04 Å². The first kappa shape index (κ1) is 12.5. The minimum atomic E-state index is -0.491. The molecular weight excluding hydrogens is 238 g/mol. The van der Waals surface area contributed by atoms with Crippen LogP contribution in [0.2, 0.25) is 0 Å². The maximum atomic E-state index is 11.9. The molecule has 0 saturated carbocycles. The smallest absolute Gasteiger partial charge is 0.248 e. The molecule has 1 aromatic carbocycles. The molecule has 3 rings (SSSR count). The lowest BCUT2D eigenvalue weighted by atomic mass is 10.1. The average molecular weight is 259 g/mol. The van der Waals surface area contributed by atoms with E-state index in [1.807, 2.05) is 6.07 Å². The van der Waals surface area contributed by atoms with Gasteiger partial charge >= 0.3 is 0 Å². The molecule has 4 heteroatoms. The quantitative estimate of drug-likeness (QED) is 0.884. The number of carbonyl (C=O) groups is 1. The van der Waals surface area contributed by atoms with Crippen molar-refractivity contribution in [1.29, 1.82) is 0 Å². The Hall–Kier alpha value is -1.55. The fourth-order valence-electron chi connectivity index (χ4n) is 3.32. The SMILES string of the molecule is CCC1CCCN1c1ccc2c(c1)N(C)C(=O)C2N. The average Bonchev–Trinajstić information content (AvgIpc) is 2.99. The molecule has 1 aromatic rings. The molecule has 0 radical (unpaired) electrons. The number of nitrogens with zero attached hydrogens (tertiary/aromatic N) is 2. The summed E-state index contributed by atoms with van der Waals surface area (Å²) in [6, 6.07) is 6.39. The molecule has 0 aromatic heterocycles. The second-order valence-electron chi connectivity index (χ2n) is 5.52. The fourth-order valence-corrected chi connectivity index (χ4v) is 3.32. The number of rotatable bonds is 2. The number of carbonyl (C=O) groups excluding carboxylic acids is 1. The molecule has 0 aliphatic carbocycles. The van der Waals surface area contributed by atoms with Crippen molar-refractivity contribution in [2.45, 2.75) is 38.3 Å². The highest BCUT2D eigenvalue weighted by molar-refractivity contribution is 6.04. The lowest BCUT2D eigenvalue weighted by Crippen LogP contribution is -2.29. The fraction of sp³-hybridized carbons (Fsp3) is 0.533. The maximum absolute atomic E-state index is 11.9. The number of hydrogen-bond donors (Lipinski definition) is 1. The van der Waals surface area contributed by atoms with Gasteiger partial charge in [0.1, 0.15) is 6.04 Å². The van der Waals surface area contributed by atoms with E-state index in [4.69, 9.17) is 5.73 Å². The van der Waals surface area contributed by atoms with Crippen molar-refractivity contribution >= 4 is 17.3 Å². The van der Waals surface area contributed by atoms with Crippen LogP contribution in [0.4, 0.5) is 11.4 Å². The van der Waals surface area contributed by atoms with Gasteiger partial charge in [-0.15, -0.1) is 0 Å². The molecule has 0 spiro atoms. The predicted molar refractivity (Wildman–Crippen MR) is 77.4 cm³/mol. The minimum absolute atomic E-state index is 0.0133. The third-order valence-corrected chi connectivity index (χ3v) is 4.49. The summed E-state index contributed by atoms with van der Waals surface area (Å²) in [5.74, 6) is -0.0133. The molecule has 102 valence electrons. The Morgan fingerprint density at radius 2 is 2.21 bits per heavy atom. The Morgan fingerprint density at radius 3 is 2.95 bits per heavy atom. The van der Waals surface area contributed by atoms with Crippen LogP contribution in [0.15, 0.2) is 18.2 Å². The van der Waals surface area contributed by atoms with E-state index in [0.29, 0.717) is 6.04 Å². The molecule has 0 bridgehead atoms. The second kappa shape index (κ2) is 4.53. The van der Waals surface area contributed by atoms with Crippen molar-refractivity contribution in [2.24, 2.45) is 5.73 Å². The van der Waals surface area contributed by atoms with Gasteiger partial charge in [-0.1, -0.05) is 13.0 Å². The van der Waals surface area contributed by atoms with Gasteiger partial charge in [0.2, 0.25) is 5.91 Å². The van der Waals surface area contributed by atoms with Gasteiger partial charge in [0, 0.05) is 30.9 Å². The molecule has 19 heavy (non-hydrogen) atoms. The predicted octanol–water partition coefficient (Wildman–Crippen LogP) is 2.04. The summed E-state index contributed by atoms with van der Waals surface area (Å²) in [7, 11) is 1.80. The zero-order valence-electron chi connectivity index (χ0n) is 11.6. The van der Waals surface area contributed by atoms with E-state index >= 15 is 0 Å². The minimum Gasteiger partial charge on any atom is -0.368 e. The van der Waals surface area contributed by atoms with Gasteiger partial charge in [-0.2, -0.15) is 0 Å². The van der Waals surface area contributed by atoms with Crippen molar-refractivity contribution in [3.05, 3.63) is 23.8 Å². The highest BCUT2D eigenvalue weighted by Gasteiger charge is 2.33. The number of fused-ring (bicyclic) bond motifs is 1. The number of anilines is 2. The molecule has 2 aliphatic rings. The molecule has 1 amide bonds. The maximum Gasteiger partial charge on any atom is 0.248 e. The monoisotopic (exact) mass is 259 g/mol. The molecule has 2 aliphatic heterocycles. The number of likely N-dealkylation sites (N-methyl/N-ethyl adjacent to an activating group) is 1. The number of benzene rings is 1. The van der Waals surface area contributed by atoms with Crippen LogP contribution in [0, 0.1) is 0 Å². The summed E-state index contributed by atoms with van der Waals surface area (Å²) in [6.07, 6.45) is 3.69. The van der Waals surface area contributed by atoms with Crippen molar-refractivity contribution in [2.75, 3.05) is 23.4 Å². The summed E-state index contributed by atoms with van der Waals surface area (Å²) in [5, 5.41) is 0. The van der Waals surface area contributed by atoms with Crippen molar-refractivity contribution in [1.82, 2.24) is 0 Å². The van der Waals surface area contributed by atoms with Crippen LogP contribution in [-0.2, 0) is 4.79 Å². The zero-order chi connectivity index (χ0) is 13.6. The molecule has 2 atom stereocenters. The Bertz CT molecular complexity index is 514. The second-order valence-corrected chi connectivity index (χ2v) is 5.52. The summed E-state index contributed by atoms with van der Waals surface area (Å²) in [5.41, 5.74) is 9.07. The van der Waals surface area contributed by atoms with Crippen LogP contribution in [0.5, 0.6) is 0 Å². The lowest BCUT2D eigenvalue weighted by molar-refractivity contribution is -0.118. The third-order valence-electron chi connectivity index (χ3n) is 4.49. The molecule has 1 saturated heterocycles. The van der Waals surface area contributed by atoms with E-state index in [9.17, 15) is 4.79 Å². The first-order valence-corrected chi connectivity index (χ1v) is 7.07. The van der Waals surface area contributed by atoms with Gasteiger partial charge in [0.15, 0.2) is 0 Å². The number of hydrogen-bond acceptors (Lipinski definition) is 3. The van der Waals surface area contributed by atoms with Crippen LogP contribution in [0.1, 0.15) is 37.8 Å². The topological polar surface area (TPSA) is 49.6 Å². The molecule has 2 N–H and O–H groups in total. The van der Waals surface area contributed by atoms with Gasteiger partial charge in [-0.05, 0) is 31.4 Å². The van der Waals surface area contributed by atoms with Crippen LogP contribution in [0.25, 0.3) is 0 Å². The largest absolute Gasteiger partial charge is 0.368 e. The highest BCUT2D eigenvalue weighted by Crippen LogP contribution is 2.38. The summed E-state index contributed by atoms with van der Waals surface area (Å²) >= 11 is 0. The van der Waals surface area contributed by atoms with Crippen LogP contribution >= 0.6 is 0 Å². The van der Waals surface area contributed by atoms with E-state index in [-0.39, 0.29) is 5.91 Å². The Morgan fingerprint density at radius 1 is 1.42 bits per heavy atom. The number of amides is 1. The summed E-state index contributed by atoms with van der Waals surface area (Å²) in [6.45, 7) is 3.35. The Kier molecular flexibility index (Phi) is 2.97. The van der Waals surface area contributed by atoms with E-state index in [1.165, 1.54) is 24.9 Å². The zero-order valence-corrected chi connectivity index (χ0v) is 11.6. The molecule has 1 fully saturated rings. The summed E-state index contributed by atoms with van der Waals surface area (Å²) in [4.78, 5) is 16.0. The van der Waals surface area contributed by atoms with Crippen LogP contribution in [0.3, 0.4) is 0 Å². The van der Waals surface area contributed by atoms with E-state index in [0.717, 1.165) is 17.8 Å². The lowest BCUT2D eigenvalue weighted by Gasteiger charge is -2.26. The summed E-state index contributed by atoms with van der Waals surface area (Å²) < 4.78 is 0. The van der Waals surface area contributed by atoms with Crippen LogP contribution < -0.4 is 15.5 Å². The first-order valence-electron chi connectivity index (χ1n) is 7.07. The van der Waals surface area contributed by atoms with Crippen molar-refractivity contribution in [3.8, 4) is 0 Å². The van der Waals surface area contributed by atoms with Crippen molar-refractivity contribution in [3.63, 3.8) is 0 Å². The highest BCUT2D eigenvalue weighted by atomic mass is 16.2. The van der Waals surface area contributed by atoms with Gasteiger partial charge < -0.3 is 15.5 Å². The molecule has 4 nitrogen and oxygen atoms in total. The van der Waals surface area contributed by atoms with E-state index in [1.54, 1.807) is 11.9 Å². The van der Waals surface area contributed by atoms with Crippen molar-refractivity contribution < 1.29 is 4.79 Å². The van der Waals surface area contributed by atoms with Crippen LogP contribution in [-0.4, -0.2) is 25.5 Å². The Balaban J connectivity index is 1.97. The normalized spacial score (nSPS) is 26.2. The Labute approximate surface area is 114 Å². The van der Waals surface area contributed by atoms with Gasteiger partial charge in [0.25, 0.3) is 0 Å². The first-order chi connectivity index (χ1) is 9.13. The molecular formula is C15H21N3O. The van der Waals surface area contributed by atoms with Gasteiger partial charge in [0.05, 0.1) is 5.69 Å². The van der Waals surface area contributed by atoms with Gasteiger partial charge in [-0.25, -0.2) is 0 Å². The molecule has 2 unspecified atom stereocenters. The molecule has 2 heterocycles. The third kappa shape index (κ3) is 1.82.